The molecule has 43 heavy (non-hydrogen) atoms. The fraction of sp³-hybridized carbons (Fsp3) is 0.763. The van der Waals surface area contributed by atoms with E-state index in [9.17, 15) is 14.4 Å². The number of unbranched alkanes of at least 4 members (excludes halogenated alkanes) is 12. The van der Waals surface area contributed by atoms with Crippen molar-refractivity contribution in [3.63, 3.8) is 0 Å². The Kier molecular flexibility index (Phi) is 13.2. The molecule has 1 aromatic carbocycles. The molecule has 0 amide bonds. The molecule has 3 aliphatic rings. The third-order valence-electron chi connectivity index (χ3n) is 10.9. The number of aryl methyl sites for hydroxylation is 1. The maximum absolute atomic E-state index is 13.6. The predicted molar refractivity (Wildman–Crippen MR) is 172 cm³/mol. The van der Waals surface area contributed by atoms with Crippen LogP contribution in [0.1, 0.15) is 166 Å². The molecular weight excluding hydrogens is 536 g/mol. The highest BCUT2D eigenvalue weighted by Crippen LogP contribution is 2.60. The molecule has 5 atom stereocenters. The van der Waals surface area contributed by atoms with Gasteiger partial charge in [-0.05, 0) is 86.0 Å². The van der Waals surface area contributed by atoms with Crippen LogP contribution < -0.4 is 4.74 Å². The van der Waals surface area contributed by atoms with Crippen molar-refractivity contribution in [1.29, 1.82) is 0 Å². The molecule has 240 valence electrons. The van der Waals surface area contributed by atoms with E-state index in [0.29, 0.717) is 36.8 Å². The van der Waals surface area contributed by atoms with Crippen molar-refractivity contribution in [2.75, 3.05) is 0 Å². The summed E-state index contributed by atoms with van der Waals surface area (Å²) in [6, 6.07) is 6.21. The van der Waals surface area contributed by atoms with Crippen LogP contribution >= 0.6 is 0 Å². The number of esters is 2. The van der Waals surface area contributed by atoms with Crippen molar-refractivity contribution < 1.29 is 23.9 Å². The van der Waals surface area contributed by atoms with Crippen molar-refractivity contribution in [3.05, 3.63) is 29.3 Å². The molecule has 5 nitrogen and oxygen atoms in total. The third kappa shape index (κ3) is 8.94. The SMILES string of the molecule is CCCCCCCCCC(=O)Oc1ccc2c(c1)CC[C@@H]1[C@@H]2CC[C@]2(C)C(=O)[C@H](OC(=O)CCCCCCCCC)C[C@@H]12. The quantitative estimate of drug-likeness (QED) is 0.0961. The van der Waals surface area contributed by atoms with E-state index in [-0.39, 0.29) is 23.6 Å². The van der Waals surface area contributed by atoms with Gasteiger partial charge < -0.3 is 9.47 Å². The van der Waals surface area contributed by atoms with Gasteiger partial charge in [-0.25, -0.2) is 0 Å². The summed E-state index contributed by atoms with van der Waals surface area (Å²) in [4.78, 5) is 38.7. The lowest BCUT2D eigenvalue weighted by molar-refractivity contribution is -0.155. The van der Waals surface area contributed by atoms with Crippen LogP contribution in [-0.4, -0.2) is 23.8 Å². The molecule has 0 saturated heterocycles. The minimum Gasteiger partial charge on any atom is -0.454 e. The van der Waals surface area contributed by atoms with Gasteiger partial charge in [0.05, 0.1) is 0 Å². The number of hydrogen-bond donors (Lipinski definition) is 0. The first kappa shape index (κ1) is 33.7. The summed E-state index contributed by atoms with van der Waals surface area (Å²) in [6.45, 7) is 6.58. The number of hydrogen-bond acceptors (Lipinski definition) is 5. The molecule has 2 fully saturated rings. The summed E-state index contributed by atoms with van der Waals surface area (Å²) < 4.78 is 11.6. The van der Waals surface area contributed by atoms with E-state index in [4.69, 9.17) is 9.47 Å². The molecule has 0 aliphatic heterocycles. The number of fused-ring (bicyclic) bond motifs is 5. The molecule has 0 bridgehead atoms. The van der Waals surface area contributed by atoms with E-state index in [1.807, 2.05) is 6.07 Å². The van der Waals surface area contributed by atoms with E-state index in [1.165, 1.54) is 75.3 Å². The Balaban J connectivity index is 1.26. The summed E-state index contributed by atoms with van der Waals surface area (Å²) in [7, 11) is 0. The molecular formula is C38H58O5. The van der Waals surface area contributed by atoms with Crippen LogP contribution in [0.4, 0.5) is 0 Å². The highest BCUT2D eigenvalue weighted by molar-refractivity contribution is 5.93. The average molecular weight is 595 g/mol. The van der Waals surface area contributed by atoms with Gasteiger partial charge in [0.1, 0.15) is 5.75 Å². The van der Waals surface area contributed by atoms with Crippen LogP contribution in [-0.2, 0) is 25.5 Å². The van der Waals surface area contributed by atoms with Crippen molar-refractivity contribution in [1.82, 2.24) is 0 Å². The standard InChI is InChI=1S/C38H58O5/c1-4-6-8-10-12-14-16-18-35(39)42-29-21-23-30-28(26-29)20-22-32-31(30)24-25-38(3)33(32)27-34(37(38)41)43-36(40)19-17-15-13-11-9-7-5-2/h21,23,26,31-34H,4-20,22,24-25,27H2,1-3H3/t31-,32-,33+,34-,38+/m1/s1. The van der Waals surface area contributed by atoms with Gasteiger partial charge in [0.15, 0.2) is 11.9 Å². The number of rotatable bonds is 18. The maximum atomic E-state index is 13.6. The fourth-order valence-electron chi connectivity index (χ4n) is 8.34. The molecule has 5 heteroatoms. The lowest BCUT2D eigenvalue weighted by atomic mass is 9.55. The van der Waals surface area contributed by atoms with Gasteiger partial charge in [0.2, 0.25) is 0 Å². The van der Waals surface area contributed by atoms with E-state index < -0.39 is 11.5 Å². The fourth-order valence-corrected chi connectivity index (χ4v) is 8.34. The Bertz CT molecular complexity index is 1060. The minimum atomic E-state index is -0.578. The van der Waals surface area contributed by atoms with Crippen molar-refractivity contribution >= 4 is 17.7 Å². The predicted octanol–water partition coefficient (Wildman–Crippen LogP) is 9.82. The van der Waals surface area contributed by atoms with Crippen LogP contribution in [0.25, 0.3) is 0 Å². The van der Waals surface area contributed by atoms with Crippen LogP contribution in [0.15, 0.2) is 18.2 Å². The number of carbonyl (C=O) groups excluding carboxylic acids is 3. The third-order valence-corrected chi connectivity index (χ3v) is 10.9. The molecule has 2 saturated carbocycles. The minimum absolute atomic E-state index is 0.132. The monoisotopic (exact) mass is 594 g/mol. The summed E-state index contributed by atoms with van der Waals surface area (Å²) in [5, 5.41) is 0. The van der Waals surface area contributed by atoms with Crippen molar-refractivity contribution in [2.24, 2.45) is 17.3 Å². The first-order valence-corrected chi connectivity index (χ1v) is 17.9. The summed E-state index contributed by atoms with van der Waals surface area (Å²) >= 11 is 0. The van der Waals surface area contributed by atoms with Gasteiger partial charge in [-0.2, -0.15) is 0 Å². The second-order valence-electron chi connectivity index (χ2n) is 14.0. The van der Waals surface area contributed by atoms with Gasteiger partial charge in [-0.1, -0.05) is 104 Å². The van der Waals surface area contributed by atoms with Gasteiger partial charge in [0.25, 0.3) is 0 Å². The Morgan fingerprint density at radius 2 is 1.42 bits per heavy atom. The molecule has 0 N–H and O–H groups in total. The molecule has 1 aromatic rings. The maximum Gasteiger partial charge on any atom is 0.311 e. The zero-order valence-corrected chi connectivity index (χ0v) is 27.4. The number of benzene rings is 1. The number of Topliss-reactive ketones (excluding diaryl/α,β-unsaturated/α-hetero) is 1. The summed E-state index contributed by atoms with van der Waals surface area (Å²) in [6.07, 6.45) is 21.2. The molecule has 3 aliphatic carbocycles. The average Bonchev–Trinajstić information content (AvgIpc) is 3.25. The van der Waals surface area contributed by atoms with Gasteiger partial charge in [-0.15, -0.1) is 0 Å². The topological polar surface area (TPSA) is 69.7 Å². The molecule has 0 radical (unpaired) electrons. The Labute approximate surface area is 261 Å². The lowest BCUT2D eigenvalue weighted by Gasteiger charge is -2.48. The largest absolute Gasteiger partial charge is 0.454 e. The van der Waals surface area contributed by atoms with Crippen LogP contribution in [0, 0.1) is 17.3 Å². The Hall–Kier alpha value is -2.17. The Morgan fingerprint density at radius 1 is 0.814 bits per heavy atom. The van der Waals surface area contributed by atoms with Gasteiger partial charge in [0, 0.05) is 18.3 Å². The van der Waals surface area contributed by atoms with Crippen molar-refractivity contribution in [2.45, 2.75) is 168 Å². The van der Waals surface area contributed by atoms with Crippen molar-refractivity contribution in [3.8, 4) is 5.75 Å². The van der Waals surface area contributed by atoms with Crippen LogP contribution in [0.5, 0.6) is 5.75 Å². The van der Waals surface area contributed by atoms with Crippen LogP contribution in [0.3, 0.4) is 0 Å². The first-order chi connectivity index (χ1) is 20.9. The molecule has 0 spiro atoms. The molecule has 0 aromatic heterocycles. The van der Waals surface area contributed by atoms with E-state index in [1.54, 1.807) is 0 Å². The highest BCUT2D eigenvalue weighted by Gasteiger charge is 2.59. The Morgan fingerprint density at radius 3 is 2.07 bits per heavy atom. The van der Waals surface area contributed by atoms with E-state index >= 15 is 0 Å². The second kappa shape index (κ2) is 16.8. The second-order valence-corrected chi connectivity index (χ2v) is 14.0. The van der Waals surface area contributed by atoms with Gasteiger partial charge >= 0.3 is 11.9 Å². The van der Waals surface area contributed by atoms with Gasteiger partial charge in [-0.3, -0.25) is 14.4 Å². The smallest absolute Gasteiger partial charge is 0.311 e. The molecule has 0 heterocycles. The summed E-state index contributed by atoms with van der Waals surface area (Å²) in [5.74, 6) is 1.57. The highest BCUT2D eigenvalue weighted by atomic mass is 16.5. The van der Waals surface area contributed by atoms with E-state index in [0.717, 1.165) is 51.4 Å². The normalized spacial score (nSPS) is 26.0. The zero-order chi connectivity index (χ0) is 30.7. The lowest BCUT2D eigenvalue weighted by Crippen LogP contribution is -2.43. The molecule has 4 rings (SSSR count). The molecule has 0 unspecified atom stereocenters. The van der Waals surface area contributed by atoms with Crippen LogP contribution in [0.2, 0.25) is 0 Å². The number of ether oxygens (including phenoxy) is 2. The first-order valence-electron chi connectivity index (χ1n) is 17.9. The van der Waals surface area contributed by atoms with E-state index in [2.05, 4.69) is 32.9 Å². The summed E-state index contributed by atoms with van der Waals surface area (Å²) in [5.41, 5.74) is 2.25. The number of ketones is 1. The number of carbonyl (C=O) groups is 3. The zero-order valence-electron chi connectivity index (χ0n) is 27.4.